The van der Waals surface area contributed by atoms with Crippen molar-refractivity contribution in [2.75, 3.05) is 18.0 Å². The Bertz CT molecular complexity index is 359. The maximum Gasteiger partial charge on any atom is 0.421 e. The zero-order valence-electron chi connectivity index (χ0n) is 8.59. The minimum atomic E-state index is -4.40. The fourth-order valence-electron chi connectivity index (χ4n) is 1.83. The second-order valence-electron chi connectivity index (χ2n) is 3.75. The Hall–Kier alpha value is -1.33. The molecule has 1 saturated heterocycles. The first kappa shape index (κ1) is 11.2. The third-order valence-electron chi connectivity index (χ3n) is 2.61. The predicted octanol–water partition coefficient (Wildman–Crippen LogP) is 2.29. The number of anilines is 1. The van der Waals surface area contributed by atoms with Crippen molar-refractivity contribution in [3.8, 4) is 0 Å². The van der Waals surface area contributed by atoms with E-state index in [1.54, 1.807) is 4.90 Å². The highest BCUT2D eigenvalue weighted by Gasteiger charge is 2.36. The van der Waals surface area contributed by atoms with E-state index in [4.69, 9.17) is 0 Å². The predicted molar refractivity (Wildman–Crippen MR) is 51.9 cm³/mol. The van der Waals surface area contributed by atoms with E-state index in [0.717, 1.165) is 25.5 Å². The third-order valence-corrected chi connectivity index (χ3v) is 2.61. The van der Waals surface area contributed by atoms with Gasteiger partial charge in [0.25, 0.3) is 0 Å². The van der Waals surface area contributed by atoms with Gasteiger partial charge in [0.15, 0.2) is 6.33 Å². The van der Waals surface area contributed by atoms with E-state index in [1.165, 1.54) is 0 Å². The lowest BCUT2D eigenvalue weighted by atomic mass is 10.1. The number of piperidine rings is 1. The molecule has 0 bridgehead atoms. The van der Waals surface area contributed by atoms with Gasteiger partial charge in [-0.3, -0.25) is 0 Å². The van der Waals surface area contributed by atoms with Crippen LogP contribution in [0.5, 0.6) is 0 Å². The van der Waals surface area contributed by atoms with Crippen molar-refractivity contribution >= 4 is 5.82 Å². The molecule has 2 rings (SSSR count). The lowest BCUT2D eigenvalue weighted by Crippen LogP contribution is -2.32. The highest BCUT2D eigenvalue weighted by atomic mass is 19.4. The monoisotopic (exact) mass is 230 g/mol. The molecule has 0 spiro atoms. The molecule has 1 fully saturated rings. The normalized spacial score (nSPS) is 17.6. The van der Waals surface area contributed by atoms with Crippen LogP contribution in [0, 0.1) is 6.33 Å². The Balaban J connectivity index is 2.32. The molecule has 1 aliphatic rings. The smallest absolute Gasteiger partial charge is 0.356 e. The molecule has 1 aromatic heterocycles. The van der Waals surface area contributed by atoms with E-state index in [0.29, 0.717) is 13.1 Å². The molecule has 3 nitrogen and oxygen atoms in total. The zero-order chi connectivity index (χ0) is 11.6. The Morgan fingerprint density at radius 2 is 1.88 bits per heavy atom. The molecule has 1 aromatic rings. The van der Waals surface area contributed by atoms with E-state index in [2.05, 4.69) is 16.3 Å². The number of hydrogen-bond donors (Lipinski definition) is 0. The Morgan fingerprint density at radius 3 is 2.50 bits per heavy atom. The lowest BCUT2D eigenvalue weighted by Gasteiger charge is -2.29. The molecule has 1 aliphatic heterocycles. The average Bonchev–Trinajstić information content (AvgIpc) is 2.29. The standard InChI is InChI=1S/C10H11F3N3/c11-10(12,13)8-6-14-7-15-9(8)16-4-2-1-3-5-16/h6H,1-5H2. The van der Waals surface area contributed by atoms with E-state index in [1.807, 2.05) is 0 Å². The summed E-state index contributed by atoms with van der Waals surface area (Å²) in [6.45, 7) is 1.24. The fourth-order valence-corrected chi connectivity index (χ4v) is 1.83. The van der Waals surface area contributed by atoms with Crippen LogP contribution in [0.15, 0.2) is 6.20 Å². The van der Waals surface area contributed by atoms with Gasteiger partial charge >= 0.3 is 6.18 Å². The minimum Gasteiger partial charge on any atom is -0.356 e. The van der Waals surface area contributed by atoms with Crippen molar-refractivity contribution in [1.29, 1.82) is 0 Å². The van der Waals surface area contributed by atoms with Gasteiger partial charge in [-0.15, -0.1) is 0 Å². The molecular formula is C10H11F3N3. The number of halogens is 3. The lowest BCUT2D eigenvalue weighted by molar-refractivity contribution is -0.137. The third kappa shape index (κ3) is 2.25. The summed E-state index contributed by atoms with van der Waals surface area (Å²) in [6.07, 6.45) is 1.49. The van der Waals surface area contributed by atoms with Crippen molar-refractivity contribution < 1.29 is 13.2 Å². The van der Waals surface area contributed by atoms with Gasteiger partial charge in [-0.25, -0.2) is 9.97 Å². The fraction of sp³-hybridized carbons (Fsp3) is 0.600. The summed E-state index contributed by atoms with van der Waals surface area (Å²) >= 11 is 0. The SMILES string of the molecule is FC(F)(F)c1cn[c]nc1N1CCCCC1. The maximum absolute atomic E-state index is 12.7. The molecule has 0 saturated carbocycles. The number of aromatic nitrogens is 2. The molecule has 0 N–H and O–H groups in total. The topological polar surface area (TPSA) is 29.0 Å². The van der Waals surface area contributed by atoms with Gasteiger partial charge in [-0.1, -0.05) is 0 Å². The summed E-state index contributed by atoms with van der Waals surface area (Å²) in [6, 6.07) is 0. The van der Waals surface area contributed by atoms with E-state index in [-0.39, 0.29) is 5.82 Å². The van der Waals surface area contributed by atoms with Crippen LogP contribution < -0.4 is 4.90 Å². The number of alkyl halides is 3. The van der Waals surface area contributed by atoms with Gasteiger partial charge in [-0.2, -0.15) is 13.2 Å². The Kier molecular flexibility index (Phi) is 2.98. The number of nitrogens with zero attached hydrogens (tertiary/aromatic N) is 3. The van der Waals surface area contributed by atoms with Gasteiger partial charge < -0.3 is 4.90 Å². The van der Waals surface area contributed by atoms with E-state index in [9.17, 15) is 13.2 Å². The number of hydrogen-bond acceptors (Lipinski definition) is 3. The van der Waals surface area contributed by atoms with Crippen LogP contribution in [0.4, 0.5) is 19.0 Å². The van der Waals surface area contributed by atoms with Crippen molar-refractivity contribution in [1.82, 2.24) is 9.97 Å². The van der Waals surface area contributed by atoms with Crippen LogP contribution >= 0.6 is 0 Å². The zero-order valence-corrected chi connectivity index (χ0v) is 8.59. The van der Waals surface area contributed by atoms with Crippen LogP contribution in [0.25, 0.3) is 0 Å². The summed E-state index contributed by atoms with van der Waals surface area (Å²) < 4.78 is 38.0. The molecule has 0 aromatic carbocycles. The van der Waals surface area contributed by atoms with Crippen molar-refractivity contribution in [3.63, 3.8) is 0 Å². The minimum absolute atomic E-state index is 0.0396. The molecular weight excluding hydrogens is 219 g/mol. The van der Waals surface area contributed by atoms with Crippen LogP contribution in [0.3, 0.4) is 0 Å². The van der Waals surface area contributed by atoms with Gasteiger partial charge in [0.1, 0.15) is 11.4 Å². The van der Waals surface area contributed by atoms with Crippen molar-refractivity contribution in [2.45, 2.75) is 25.4 Å². The molecule has 0 unspecified atom stereocenters. The quantitative estimate of drug-likeness (QED) is 0.741. The van der Waals surface area contributed by atoms with Crippen LogP contribution in [0.2, 0.25) is 0 Å². The molecule has 16 heavy (non-hydrogen) atoms. The van der Waals surface area contributed by atoms with Crippen LogP contribution in [0.1, 0.15) is 24.8 Å². The average molecular weight is 230 g/mol. The highest BCUT2D eigenvalue weighted by molar-refractivity contribution is 5.47. The molecule has 0 aliphatic carbocycles. The van der Waals surface area contributed by atoms with Crippen LogP contribution in [-0.4, -0.2) is 23.1 Å². The van der Waals surface area contributed by atoms with E-state index >= 15 is 0 Å². The summed E-state index contributed by atoms with van der Waals surface area (Å²) in [5.74, 6) is -0.0396. The van der Waals surface area contributed by atoms with Gasteiger partial charge in [0.05, 0.1) is 0 Å². The molecule has 6 heteroatoms. The van der Waals surface area contributed by atoms with Gasteiger partial charge in [0, 0.05) is 19.3 Å². The molecule has 0 atom stereocenters. The molecule has 1 radical (unpaired) electrons. The maximum atomic E-state index is 12.7. The summed E-state index contributed by atoms with van der Waals surface area (Å²) in [7, 11) is 0. The molecule has 87 valence electrons. The first-order valence-electron chi connectivity index (χ1n) is 5.14. The van der Waals surface area contributed by atoms with Crippen molar-refractivity contribution in [3.05, 3.63) is 18.1 Å². The summed E-state index contributed by atoms with van der Waals surface area (Å²) in [5, 5.41) is 0. The van der Waals surface area contributed by atoms with Crippen LogP contribution in [-0.2, 0) is 6.18 Å². The highest BCUT2D eigenvalue weighted by Crippen LogP contribution is 2.35. The first-order chi connectivity index (χ1) is 7.59. The van der Waals surface area contributed by atoms with E-state index < -0.39 is 11.7 Å². The summed E-state index contributed by atoms with van der Waals surface area (Å²) in [5.41, 5.74) is -0.770. The first-order valence-corrected chi connectivity index (χ1v) is 5.14. The Morgan fingerprint density at radius 1 is 1.19 bits per heavy atom. The largest absolute Gasteiger partial charge is 0.421 e. The van der Waals surface area contributed by atoms with Gasteiger partial charge in [0.2, 0.25) is 0 Å². The van der Waals surface area contributed by atoms with Crippen molar-refractivity contribution in [2.24, 2.45) is 0 Å². The Labute approximate surface area is 91.3 Å². The molecule has 0 amide bonds. The number of rotatable bonds is 1. The molecule has 2 heterocycles. The second kappa shape index (κ2) is 4.27. The van der Waals surface area contributed by atoms with Gasteiger partial charge in [-0.05, 0) is 19.3 Å². The second-order valence-corrected chi connectivity index (χ2v) is 3.75. The summed E-state index contributed by atoms with van der Waals surface area (Å²) in [4.78, 5) is 8.62.